The number of benzene rings is 1. The molecule has 112 valence electrons. The van der Waals surface area contributed by atoms with E-state index in [2.05, 4.69) is 20.0 Å². The van der Waals surface area contributed by atoms with Crippen molar-refractivity contribution < 1.29 is 4.42 Å². The Balaban J connectivity index is 1.66. The molecule has 7 heteroatoms. The molecule has 3 rings (SSSR count). The molecule has 21 heavy (non-hydrogen) atoms. The predicted octanol–water partition coefficient (Wildman–Crippen LogP) is 3.35. The molecule has 0 saturated carbocycles. The van der Waals surface area contributed by atoms with Gasteiger partial charge < -0.3 is 14.2 Å². The van der Waals surface area contributed by atoms with Crippen molar-refractivity contribution in [1.82, 2.24) is 10.2 Å². The van der Waals surface area contributed by atoms with Crippen LogP contribution in [0.4, 0.5) is 11.7 Å². The van der Waals surface area contributed by atoms with Crippen molar-refractivity contribution in [1.29, 1.82) is 0 Å². The Labute approximate surface area is 133 Å². The van der Waals surface area contributed by atoms with Crippen molar-refractivity contribution >= 4 is 34.9 Å². The average molecular weight is 327 g/mol. The number of aromatic nitrogens is 2. The molecule has 1 aromatic carbocycles. The van der Waals surface area contributed by atoms with E-state index < -0.39 is 0 Å². The van der Waals surface area contributed by atoms with E-state index in [1.807, 2.05) is 31.2 Å². The molecule has 0 amide bonds. The fourth-order valence-corrected chi connectivity index (χ4v) is 2.71. The van der Waals surface area contributed by atoms with Crippen molar-refractivity contribution in [2.24, 2.45) is 0 Å². The van der Waals surface area contributed by atoms with Crippen LogP contribution in [0.15, 0.2) is 28.7 Å². The molecule has 0 spiro atoms. The van der Waals surface area contributed by atoms with Gasteiger partial charge in [0, 0.05) is 26.2 Å². The van der Waals surface area contributed by atoms with Gasteiger partial charge in [-0.25, -0.2) is 0 Å². The largest absolute Gasteiger partial charge is 0.406 e. The number of hydrogen-bond acceptors (Lipinski definition) is 5. The van der Waals surface area contributed by atoms with Crippen LogP contribution in [-0.4, -0.2) is 36.4 Å². The minimum Gasteiger partial charge on any atom is -0.406 e. The highest BCUT2D eigenvalue weighted by Crippen LogP contribution is 2.27. The Kier molecular flexibility index (Phi) is 4.22. The van der Waals surface area contributed by atoms with Gasteiger partial charge in [-0.1, -0.05) is 28.8 Å². The summed E-state index contributed by atoms with van der Waals surface area (Å²) in [5.74, 6) is 0.459. The number of halogens is 2. The van der Waals surface area contributed by atoms with E-state index in [1.165, 1.54) is 0 Å². The lowest BCUT2D eigenvalue weighted by Crippen LogP contribution is -2.46. The molecule has 1 atom stereocenters. The Morgan fingerprint density at radius 2 is 1.76 bits per heavy atom. The maximum Gasteiger partial charge on any atom is 0.318 e. The first-order chi connectivity index (χ1) is 10.1. The number of hydrogen-bond donors (Lipinski definition) is 0. The number of alkyl halides is 1. The second kappa shape index (κ2) is 6.12. The van der Waals surface area contributed by atoms with Crippen LogP contribution >= 0.6 is 23.2 Å². The molecule has 1 aliphatic rings. The van der Waals surface area contributed by atoms with E-state index in [4.69, 9.17) is 27.6 Å². The lowest BCUT2D eigenvalue weighted by molar-refractivity contribution is 0.475. The van der Waals surface area contributed by atoms with Gasteiger partial charge in [0.25, 0.3) is 0 Å². The second-order valence-electron chi connectivity index (χ2n) is 4.96. The lowest BCUT2D eigenvalue weighted by Gasteiger charge is -2.35. The smallest absolute Gasteiger partial charge is 0.318 e. The standard InChI is InChI=1S/C14H16Cl2N4O/c1-10(15)13-17-18-14(21-13)20-8-6-19(7-9-20)12-5-3-2-4-11(12)16/h2-5,10H,6-9H2,1H3. The third kappa shape index (κ3) is 3.09. The van der Waals surface area contributed by atoms with Crippen LogP contribution in [-0.2, 0) is 0 Å². The maximum absolute atomic E-state index is 6.24. The zero-order chi connectivity index (χ0) is 14.8. The van der Waals surface area contributed by atoms with Crippen LogP contribution in [0.3, 0.4) is 0 Å². The number of piperazine rings is 1. The summed E-state index contributed by atoms with van der Waals surface area (Å²) in [5, 5.41) is 8.53. The first kappa shape index (κ1) is 14.5. The summed E-state index contributed by atoms with van der Waals surface area (Å²) in [6.07, 6.45) is 0. The monoisotopic (exact) mass is 326 g/mol. The number of para-hydroxylation sites is 1. The molecule has 0 N–H and O–H groups in total. The summed E-state index contributed by atoms with van der Waals surface area (Å²) in [5.41, 5.74) is 1.07. The van der Waals surface area contributed by atoms with E-state index in [0.717, 1.165) is 36.9 Å². The van der Waals surface area contributed by atoms with Gasteiger partial charge in [0.1, 0.15) is 5.38 Å². The van der Waals surface area contributed by atoms with Gasteiger partial charge in [-0.15, -0.1) is 16.7 Å². The molecular weight excluding hydrogens is 311 g/mol. The van der Waals surface area contributed by atoms with E-state index >= 15 is 0 Å². The van der Waals surface area contributed by atoms with Gasteiger partial charge in [0.05, 0.1) is 10.7 Å². The van der Waals surface area contributed by atoms with Gasteiger partial charge in [-0.05, 0) is 19.1 Å². The fourth-order valence-electron chi connectivity index (χ4n) is 2.36. The molecular formula is C14H16Cl2N4O. The third-order valence-electron chi connectivity index (χ3n) is 3.51. The fraction of sp³-hybridized carbons (Fsp3) is 0.429. The zero-order valence-corrected chi connectivity index (χ0v) is 13.2. The first-order valence-electron chi connectivity index (χ1n) is 6.87. The van der Waals surface area contributed by atoms with E-state index in [9.17, 15) is 0 Å². The molecule has 0 radical (unpaired) electrons. The molecule has 0 aliphatic carbocycles. The van der Waals surface area contributed by atoms with Crippen molar-refractivity contribution in [2.45, 2.75) is 12.3 Å². The van der Waals surface area contributed by atoms with Gasteiger partial charge >= 0.3 is 6.01 Å². The van der Waals surface area contributed by atoms with Crippen LogP contribution in [0.2, 0.25) is 5.02 Å². The number of anilines is 2. The zero-order valence-electron chi connectivity index (χ0n) is 11.7. The van der Waals surface area contributed by atoms with Crippen LogP contribution in [0, 0.1) is 0 Å². The summed E-state index contributed by atoms with van der Waals surface area (Å²) in [6, 6.07) is 8.43. The Morgan fingerprint density at radius 3 is 2.38 bits per heavy atom. The highest BCUT2D eigenvalue weighted by Gasteiger charge is 2.23. The summed E-state index contributed by atoms with van der Waals surface area (Å²) >= 11 is 12.2. The minimum atomic E-state index is -0.268. The molecule has 1 saturated heterocycles. The molecule has 1 unspecified atom stereocenters. The SMILES string of the molecule is CC(Cl)c1nnc(N2CCN(c3ccccc3Cl)CC2)o1. The van der Waals surface area contributed by atoms with Crippen molar-refractivity contribution in [3.05, 3.63) is 35.2 Å². The quantitative estimate of drug-likeness (QED) is 0.809. The normalized spacial score (nSPS) is 17.1. The maximum atomic E-state index is 6.24. The molecule has 1 aliphatic heterocycles. The van der Waals surface area contributed by atoms with E-state index in [0.29, 0.717) is 11.9 Å². The lowest BCUT2D eigenvalue weighted by atomic mass is 10.2. The summed E-state index contributed by atoms with van der Waals surface area (Å²) in [4.78, 5) is 4.34. The molecule has 2 heterocycles. The van der Waals surface area contributed by atoms with Crippen molar-refractivity contribution in [2.75, 3.05) is 36.0 Å². The number of nitrogens with zero attached hydrogens (tertiary/aromatic N) is 4. The predicted molar refractivity (Wildman–Crippen MR) is 84.4 cm³/mol. The second-order valence-corrected chi connectivity index (χ2v) is 6.03. The van der Waals surface area contributed by atoms with Gasteiger partial charge in [-0.3, -0.25) is 0 Å². The Bertz CT molecular complexity index is 609. The summed E-state index contributed by atoms with van der Waals surface area (Å²) in [6.45, 7) is 5.15. The summed E-state index contributed by atoms with van der Waals surface area (Å²) < 4.78 is 5.58. The van der Waals surface area contributed by atoms with Crippen molar-refractivity contribution in [3.63, 3.8) is 0 Å². The minimum absolute atomic E-state index is 0.268. The summed E-state index contributed by atoms with van der Waals surface area (Å²) in [7, 11) is 0. The van der Waals surface area contributed by atoms with Crippen molar-refractivity contribution in [3.8, 4) is 0 Å². The van der Waals surface area contributed by atoms with Gasteiger partial charge in [0.15, 0.2) is 0 Å². The average Bonchev–Trinajstić information content (AvgIpc) is 2.98. The van der Waals surface area contributed by atoms with Crippen LogP contribution < -0.4 is 9.80 Å². The van der Waals surface area contributed by atoms with Crippen LogP contribution in [0.5, 0.6) is 0 Å². The first-order valence-corrected chi connectivity index (χ1v) is 7.68. The molecule has 0 bridgehead atoms. The van der Waals surface area contributed by atoms with Crippen LogP contribution in [0.25, 0.3) is 0 Å². The van der Waals surface area contributed by atoms with E-state index in [-0.39, 0.29) is 5.38 Å². The van der Waals surface area contributed by atoms with Crippen LogP contribution in [0.1, 0.15) is 18.2 Å². The molecule has 2 aromatic rings. The van der Waals surface area contributed by atoms with Gasteiger partial charge in [0.2, 0.25) is 5.89 Å². The third-order valence-corrected chi connectivity index (χ3v) is 4.02. The molecule has 5 nitrogen and oxygen atoms in total. The topological polar surface area (TPSA) is 45.4 Å². The molecule has 1 fully saturated rings. The van der Waals surface area contributed by atoms with E-state index in [1.54, 1.807) is 0 Å². The number of rotatable bonds is 3. The Morgan fingerprint density at radius 1 is 1.10 bits per heavy atom. The highest BCUT2D eigenvalue weighted by molar-refractivity contribution is 6.33. The van der Waals surface area contributed by atoms with Gasteiger partial charge in [-0.2, -0.15) is 0 Å². The highest BCUT2D eigenvalue weighted by atomic mass is 35.5. The molecule has 1 aromatic heterocycles. The Hall–Kier alpha value is -1.46.